The van der Waals surface area contributed by atoms with Gasteiger partial charge in [-0.15, -0.1) is 0 Å². The number of hydrogen-bond donors (Lipinski definition) is 2. The highest BCUT2D eigenvalue weighted by molar-refractivity contribution is 6.09. The molecular weight excluding hydrogens is 420 g/mol. The van der Waals surface area contributed by atoms with Crippen molar-refractivity contribution in [1.82, 2.24) is 20.5 Å². The fourth-order valence-electron chi connectivity index (χ4n) is 3.80. The lowest BCUT2D eigenvalue weighted by Gasteiger charge is -2.22. The summed E-state index contributed by atoms with van der Waals surface area (Å²) in [4.78, 5) is 43.0. The zero-order valence-electron chi connectivity index (χ0n) is 18.6. The van der Waals surface area contributed by atoms with Crippen molar-refractivity contribution in [2.24, 2.45) is 0 Å². The highest BCUT2D eigenvalue weighted by atomic mass is 16.5. The second kappa shape index (κ2) is 9.28. The summed E-state index contributed by atoms with van der Waals surface area (Å²) in [5, 5.41) is 6.45. The molecular formula is C25H26N4O4. The van der Waals surface area contributed by atoms with Crippen LogP contribution in [0.15, 0.2) is 60.8 Å². The minimum Gasteiger partial charge on any atom is -0.491 e. The molecule has 2 heterocycles. The van der Waals surface area contributed by atoms with Crippen molar-refractivity contribution in [2.45, 2.75) is 25.8 Å². The van der Waals surface area contributed by atoms with Gasteiger partial charge in [-0.25, -0.2) is 4.79 Å². The molecule has 0 saturated carbocycles. The second-order valence-electron chi connectivity index (χ2n) is 8.20. The molecule has 1 fully saturated rings. The predicted molar refractivity (Wildman–Crippen MR) is 124 cm³/mol. The standard InChI is InChI=1S/C25H26N4O4/c1-17-9-11-19(12-10-17)25(2)23(31)29(24(32)28-25)16-21(30)26-14-5-15-33-20-8-3-6-18-7-4-13-27-22(18)20/h3-4,6-13H,5,14-16H2,1-2H3,(H,26,30)(H,28,32). The number of benzene rings is 2. The number of pyridine rings is 1. The molecule has 1 aliphatic heterocycles. The first-order chi connectivity index (χ1) is 15.9. The summed E-state index contributed by atoms with van der Waals surface area (Å²) >= 11 is 0. The Labute approximate surface area is 191 Å². The van der Waals surface area contributed by atoms with Crippen molar-refractivity contribution in [2.75, 3.05) is 19.7 Å². The predicted octanol–water partition coefficient (Wildman–Crippen LogP) is 2.90. The largest absolute Gasteiger partial charge is 0.491 e. The molecule has 0 aliphatic carbocycles. The molecule has 8 heteroatoms. The van der Waals surface area contributed by atoms with Gasteiger partial charge in [0.1, 0.15) is 23.3 Å². The van der Waals surface area contributed by atoms with Crippen molar-refractivity contribution in [3.63, 3.8) is 0 Å². The first-order valence-corrected chi connectivity index (χ1v) is 10.8. The highest BCUT2D eigenvalue weighted by Crippen LogP contribution is 2.29. The molecule has 4 rings (SSSR count). The summed E-state index contributed by atoms with van der Waals surface area (Å²) in [7, 11) is 0. The summed E-state index contributed by atoms with van der Waals surface area (Å²) in [6.07, 6.45) is 2.28. The maximum atomic E-state index is 12.9. The lowest BCUT2D eigenvalue weighted by atomic mass is 9.91. The maximum Gasteiger partial charge on any atom is 0.325 e. The quantitative estimate of drug-likeness (QED) is 0.409. The second-order valence-corrected chi connectivity index (χ2v) is 8.20. The van der Waals surface area contributed by atoms with Gasteiger partial charge in [-0.1, -0.05) is 48.0 Å². The molecule has 0 bridgehead atoms. The molecule has 2 N–H and O–H groups in total. The third-order valence-electron chi connectivity index (χ3n) is 5.70. The van der Waals surface area contributed by atoms with E-state index < -0.39 is 23.4 Å². The van der Waals surface area contributed by atoms with Gasteiger partial charge in [-0.2, -0.15) is 0 Å². The van der Waals surface area contributed by atoms with E-state index in [1.807, 2.05) is 61.5 Å². The van der Waals surface area contributed by atoms with E-state index >= 15 is 0 Å². The van der Waals surface area contributed by atoms with Gasteiger partial charge in [0.2, 0.25) is 5.91 Å². The molecule has 0 radical (unpaired) electrons. The Morgan fingerprint density at radius 3 is 2.67 bits per heavy atom. The topological polar surface area (TPSA) is 101 Å². The number of carbonyl (C=O) groups excluding carboxylic acids is 3. The fraction of sp³-hybridized carbons (Fsp3) is 0.280. The van der Waals surface area contributed by atoms with Crippen LogP contribution in [-0.4, -0.2) is 47.4 Å². The van der Waals surface area contributed by atoms with Gasteiger partial charge in [0, 0.05) is 18.1 Å². The summed E-state index contributed by atoms with van der Waals surface area (Å²) in [6.45, 7) is 4.01. The molecule has 33 heavy (non-hydrogen) atoms. The van der Waals surface area contributed by atoms with Crippen LogP contribution in [0.1, 0.15) is 24.5 Å². The Balaban J connectivity index is 1.26. The molecule has 8 nitrogen and oxygen atoms in total. The van der Waals surface area contributed by atoms with E-state index in [0.717, 1.165) is 21.4 Å². The van der Waals surface area contributed by atoms with E-state index in [1.54, 1.807) is 13.1 Å². The van der Waals surface area contributed by atoms with E-state index in [-0.39, 0.29) is 6.54 Å². The number of fused-ring (bicyclic) bond motifs is 1. The Bertz CT molecular complexity index is 1190. The highest BCUT2D eigenvalue weighted by Gasteiger charge is 2.49. The molecule has 170 valence electrons. The van der Waals surface area contributed by atoms with Crippen LogP contribution >= 0.6 is 0 Å². The van der Waals surface area contributed by atoms with Crippen LogP contribution < -0.4 is 15.4 Å². The molecule has 1 aromatic heterocycles. The van der Waals surface area contributed by atoms with Crippen LogP contribution in [-0.2, 0) is 15.1 Å². The van der Waals surface area contributed by atoms with Crippen molar-refractivity contribution in [3.8, 4) is 5.75 Å². The Kier molecular flexibility index (Phi) is 6.26. The Hall–Kier alpha value is -3.94. The van der Waals surface area contributed by atoms with Crippen molar-refractivity contribution in [1.29, 1.82) is 0 Å². The zero-order valence-corrected chi connectivity index (χ0v) is 18.6. The minimum atomic E-state index is -1.19. The Morgan fingerprint density at radius 1 is 1.12 bits per heavy atom. The SMILES string of the molecule is Cc1ccc(C2(C)NC(=O)N(CC(=O)NCCCOc3cccc4cccnc34)C2=O)cc1. The third kappa shape index (κ3) is 4.64. The van der Waals surface area contributed by atoms with Gasteiger partial charge in [0.05, 0.1) is 6.61 Å². The van der Waals surface area contributed by atoms with Crippen molar-refractivity contribution < 1.29 is 19.1 Å². The smallest absolute Gasteiger partial charge is 0.325 e. The van der Waals surface area contributed by atoms with E-state index in [1.165, 1.54) is 0 Å². The fourth-order valence-corrected chi connectivity index (χ4v) is 3.80. The zero-order chi connectivity index (χ0) is 23.4. The average Bonchev–Trinajstić information content (AvgIpc) is 3.03. The lowest BCUT2D eigenvalue weighted by molar-refractivity contribution is -0.134. The maximum absolute atomic E-state index is 12.9. The molecule has 0 spiro atoms. The number of rotatable bonds is 8. The van der Waals surface area contributed by atoms with E-state index in [2.05, 4.69) is 15.6 Å². The number of urea groups is 1. The van der Waals surface area contributed by atoms with Crippen LogP contribution in [0, 0.1) is 6.92 Å². The van der Waals surface area contributed by atoms with Gasteiger partial charge < -0.3 is 15.4 Å². The lowest BCUT2D eigenvalue weighted by Crippen LogP contribution is -2.43. The van der Waals surface area contributed by atoms with Crippen LogP contribution in [0.4, 0.5) is 4.79 Å². The number of imide groups is 1. The number of aromatic nitrogens is 1. The van der Waals surface area contributed by atoms with Crippen LogP contribution in [0.2, 0.25) is 0 Å². The van der Waals surface area contributed by atoms with Gasteiger partial charge in [0.15, 0.2) is 0 Å². The normalized spacial score (nSPS) is 17.8. The van der Waals surface area contributed by atoms with Crippen LogP contribution in [0.5, 0.6) is 5.75 Å². The molecule has 1 unspecified atom stereocenters. The summed E-state index contributed by atoms with van der Waals surface area (Å²) in [6, 6.07) is 16.4. The number of carbonyl (C=O) groups is 3. The van der Waals surface area contributed by atoms with E-state index in [4.69, 9.17) is 4.74 Å². The molecule has 4 amide bonds. The van der Waals surface area contributed by atoms with Crippen molar-refractivity contribution >= 4 is 28.7 Å². The monoisotopic (exact) mass is 446 g/mol. The molecule has 1 aliphatic rings. The number of para-hydroxylation sites is 1. The number of nitrogens with zero attached hydrogens (tertiary/aromatic N) is 2. The number of ether oxygens (including phenoxy) is 1. The van der Waals surface area contributed by atoms with Gasteiger partial charge in [-0.3, -0.25) is 19.5 Å². The molecule has 1 atom stereocenters. The first kappa shape index (κ1) is 22.3. The molecule has 3 aromatic rings. The van der Waals surface area contributed by atoms with Crippen LogP contribution in [0.3, 0.4) is 0 Å². The number of aryl methyl sites for hydroxylation is 1. The van der Waals surface area contributed by atoms with E-state index in [9.17, 15) is 14.4 Å². The van der Waals surface area contributed by atoms with Gasteiger partial charge in [0.25, 0.3) is 5.91 Å². The third-order valence-corrected chi connectivity index (χ3v) is 5.70. The summed E-state index contributed by atoms with van der Waals surface area (Å²) in [5.41, 5.74) is 1.33. The van der Waals surface area contributed by atoms with Gasteiger partial charge in [-0.05, 0) is 38.0 Å². The van der Waals surface area contributed by atoms with Crippen molar-refractivity contribution in [3.05, 3.63) is 71.9 Å². The van der Waals surface area contributed by atoms with Crippen LogP contribution in [0.25, 0.3) is 10.9 Å². The minimum absolute atomic E-state index is 0.333. The summed E-state index contributed by atoms with van der Waals surface area (Å²) in [5.74, 6) is -0.161. The van der Waals surface area contributed by atoms with Gasteiger partial charge >= 0.3 is 6.03 Å². The first-order valence-electron chi connectivity index (χ1n) is 10.8. The average molecular weight is 447 g/mol. The molecule has 2 aromatic carbocycles. The number of nitrogens with one attached hydrogen (secondary N) is 2. The molecule has 1 saturated heterocycles. The number of amides is 4. The summed E-state index contributed by atoms with van der Waals surface area (Å²) < 4.78 is 5.81. The van der Waals surface area contributed by atoms with E-state index in [0.29, 0.717) is 30.9 Å². The Morgan fingerprint density at radius 2 is 1.88 bits per heavy atom. The number of hydrogen-bond acceptors (Lipinski definition) is 5.